The lowest BCUT2D eigenvalue weighted by atomic mass is 10.1. The van der Waals surface area contributed by atoms with Gasteiger partial charge in [-0.2, -0.15) is 0 Å². The molecule has 116 valence electrons. The Morgan fingerprint density at radius 2 is 1.30 bits per heavy atom. The quantitative estimate of drug-likeness (QED) is 0.181. The summed E-state index contributed by atoms with van der Waals surface area (Å²) in [6.07, 6.45) is 22.0. The molecular weight excluding hydrogens is 248 g/mol. The molecule has 0 aromatic rings. The van der Waals surface area contributed by atoms with Crippen molar-refractivity contribution in [1.29, 1.82) is 0 Å². The highest BCUT2D eigenvalue weighted by atomic mass is 16.5. The molecule has 0 saturated heterocycles. The van der Waals surface area contributed by atoms with Crippen LogP contribution in [0.4, 0.5) is 0 Å². The molecule has 0 fully saturated rings. The largest absolute Gasteiger partial charge is 0.435 e. The van der Waals surface area contributed by atoms with Crippen molar-refractivity contribution >= 4 is 5.97 Å². The molecular formula is C18H32O2. The van der Waals surface area contributed by atoms with Crippen LogP contribution in [0.1, 0.15) is 84.5 Å². The predicted octanol–water partition coefficient (Wildman–Crippen LogP) is 5.93. The zero-order valence-electron chi connectivity index (χ0n) is 13.4. The van der Waals surface area contributed by atoms with Gasteiger partial charge in [-0.1, -0.05) is 57.6 Å². The molecule has 0 aliphatic heterocycles. The van der Waals surface area contributed by atoms with Crippen LogP contribution in [0.25, 0.3) is 0 Å². The Labute approximate surface area is 125 Å². The van der Waals surface area contributed by atoms with Gasteiger partial charge in [0.15, 0.2) is 0 Å². The van der Waals surface area contributed by atoms with Gasteiger partial charge in [-0.15, -0.1) is 0 Å². The van der Waals surface area contributed by atoms with Crippen LogP contribution in [-0.4, -0.2) is 5.97 Å². The van der Waals surface area contributed by atoms with Crippen LogP contribution in [-0.2, 0) is 9.53 Å². The monoisotopic (exact) mass is 280 g/mol. The van der Waals surface area contributed by atoms with Crippen LogP contribution in [0.15, 0.2) is 24.5 Å². The smallest absolute Gasteiger partial charge is 0.307 e. The van der Waals surface area contributed by atoms with E-state index in [2.05, 4.69) is 19.1 Å². The Hall–Kier alpha value is -1.05. The van der Waals surface area contributed by atoms with Crippen molar-refractivity contribution in [2.75, 3.05) is 0 Å². The minimum atomic E-state index is -0.245. The minimum Gasteiger partial charge on any atom is -0.435 e. The zero-order valence-corrected chi connectivity index (χ0v) is 13.4. The maximum atomic E-state index is 10.5. The Kier molecular flexibility index (Phi) is 15.2. The Morgan fingerprint density at radius 1 is 0.800 bits per heavy atom. The van der Waals surface area contributed by atoms with Crippen LogP contribution in [0.3, 0.4) is 0 Å². The highest BCUT2D eigenvalue weighted by Crippen LogP contribution is 2.09. The number of carbonyl (C=O) groups excluding carboxylic acids is 1. The van der Waals surface area contributed by atoms with E-state index in [1.165, 1.54) is 77.4 Å². The van der Waals surface area contributed by atoms with Crippen molar-refractivity contribution in [1.82, 2.24) is 0 Å². The van der Waals surface area contributed by atoms with Crippen LogP contribution in [0, 0.1) is 0 Å². The summed E-state index contributed by atoms with van der Waals surface area (Å²) in [5.74, 6) is -0.245. The van der Waals surface area contributed by atoms with Gasteiger partial charge < -0.3 is 4.74 Å². The molecule has 0 aromatic heterocycles. The van der Waals surface area contributed by atoms with Crippen molar-refractivity contribution in [2.45, 2.75) is 84.5 Å². The normalized spacial score (nSPS) is 11.5. The molecule has 0 N–H and O–H groups in total. The van der Waals surface area contributed by atoms with Gasteiger partial charge in [-0.25, -0.2) is 0 Å². The maximum absolute atomic E-state index is 10.5. The molecule has 0 heterocycles. The standard InChI is InChI=1S/C18H32O2/c1-3-4-5-6-7-8-9-10-11-12-13-14-15-16-17-20-18(2)19/h6-7,16-17H,3-5,8-15H2,1-2H3. The third-order valence-electron chi connectivity index (χ3n) is 3.21. The van der Waals surface area contributed by atoms with Crippen LogP contribution in [0.2, 0.25) is 0 Å². The molecule has 0 spiro atoms. The topological polar surface area (TPSA) is 26.3 Å². The molecule has 0 unspecified atom stereocenters. The minimum absolute atomic E-state index is 0.245. The molecule has 0 amide bonds. The van der Waals surface area contributed by atoms with Gasteiger partial charge in [-0.05, 0) is 38.2 Å². The van der Waals surface area contributed by atoms with E-state index in [9.17, 15) is 4.79 Å². The first-order chi connectivity index (χ1) is 9.77. The zero-order chi connectivity index (χ0) is 14.9. The van der Waals surface area contributed by atoms with Gasteiger partial charge >= 0.3 is 5.97 Å². The number of allylic oxidation sites excluding steroid dienone is 3. The highest BCUT2D eigenvalue weighted by Gasteiger charge is 1.90. The lowest BCUT2D eigenvalue weighted by molar-refractivity contribution is -0.135. The third kappa shape index (κ3) is 16.9. The molecule has 0 radical (unpaired) electrons. The maximum Gasteiger partial charge on any atom is 0.307 e. The second-order valence-electron chi connectivity index (χ2n) is 5.29. The van der Waals surface area contributed by atoms with Crippen molar-refractivity contribution in [3.63, 3.8) is 0 Å². The molecule has 0 rings (SSSR count). The molecule has 2 heteroatoms. The van der Waals surface area contributed by atoms with Gasteiger partial charge in [0.1, 0.15) is 0 Å². The lowest BCUT2D eigenvalue weighted by Crippen LogP contribution is -1.89. The first-order valence-corrected chi connectivity index (χ1v) is 8.24. The number of unbranched alkanes of at least 4 members (excludes halogenated alkanes) is 9. The number of hydrogen-bond donors (Lipinski definition) is 0. The lowest BCUT2D eigenvalue weighted by Gasteiger charge is -1.99. The molecule has 20 heavy (non-hydrogen) atoms. The van der Waals surface area contributed by atoms with Gasteiger partial charge in [-0.3, -0.25) is 4.79 Å². The second-order valence-corrected chi connectivity index (χ2v) is 5.29. The molecule has 2 nitrogen and oxygen atoms in total. The van der Waals surface area contributed by atoms with E-state index in [4.69, 9.17) is 4.74 Å². The number of rotatable bonds is 13. The summed E-state index contributed by atoms with van der Waals surface area (Å²) in [7, 11) is 0. The first kappa shape index (κ1) is 18.9. The average molecular weight is 280 g/mol. The summed E-state index contributed by atoms with van der Waals surface area (Å²) in [4.78, 5) is 10.5. The fourth-order valence-electron chi connectivity index (χ4n) is 2.00. The van der Waals surface area contributed by atoms with E-state index in [1.807, 2.05) is 6.08 Å². The molecule has 0 aromatic carbocycles. The Bertz CT molecular complexity index is 267. The van der Waals surface area contributed by atoms with Crippen molar-refractivity contribution < 1.29 is 9.53 Å². The number of ether oxygens (including phenoxy) is 1. The summed E-state index contributed by atoms with van der Waals surface area (Å²) in [5.41, 5.74) is 0. The summed E-state index contributed by atoms with van der Waals surface area (Å²) in [5, 5.41) is 0. The summed E-state index contributed by atoms with van der Waals surface area (Å²) in [6, 6.07) is 0. The van der Waals surface area contributed by atoms with Crippen LogP contribution in [0.5, 0.6) is 0 Å². The van der Waals surface area contributed by atoms with Crippen LogP contribution < -0.4 is 0 Å². The second kappa shape index (κ2) is 16.0. The molecule has 0 saturated carbocycles. The molecule has 0 aliphatic rings. The first-order valence-electron chi connectivity index (χ1n) is 8.24. The fourth-order valence-corrected chi connectivity index (χ4v) is 2.00. The van der Waals surface area contributed by atoms with Gasteiger partial charge in [0.2, 0.25) is 0 Å². The van der Waals surface area contributed by atoms with Crippen molar-refractivity contribution in [3.05, 3.63) is 24.5 Å². The van der Waals surface area contributed by atoms with Crippen molar-refractivity contribution in [2.24, 2.45) is 0 Å². The molecule has 0 atom stereocenters. The average Bonchev–Trinajstić information content (AvgIpc) is 2.43. The number of hydrogen-bond acceptors (Lipinski definition) is 2. The highest BCUT2D eigenvalue weighted by molar-refractivity contribution is 5.66. The predicted molar refractivity (Wildman–Crippen MR) is 86.5 cm³/mol. The fraction of sp³-hybridized carbons (Fsp3) is 0.722. The Balaban J connectivity index is 3.11. The third-order valence-corrected chi connectivity index (χ3v) is 3.21. The summed E-state index contributed by atoms with van der Waals surface area (Å²) < 4.78 is 4.72. The van der Waals surface area contributed by atoms with E-state index in [0.29, 0.717) is 0 Å². The summed E-state index contributed by atoms with van der Waals surface area (Å²) in [6.45, 7) is 3.66. The van der Waals surface area contributed by atoms with E-state index >= 15 is 0 Å². The van der Waals surface area contributed by atoms with Crippen molar-refractivity contribution in [3.8, 4) is 0 Å². The Morgan fingerprint density at radius 3 is 1.85 bits per heavy atom. The van der Waals surface area contributed by atoms with E-state index in [0.717, 1.165) is 6.42 Å². The molecule has 0 bridgehead atoms. The van der Waals surface area contributed by atoms with E-state index in [1.54, 1.807) is 0 Å². The SMILES string of the molecule is CCCCC=CCCCCCCCCC=COC(C)=O. The van der Waals surface area contributed by atoms with Gasteiger partial charge in [0, 0.05) is 6.92 Å². The van der Waals surface area contributed by atoms with Gasteiger partial charge in [0.25, 0.3) is 0 Å². The van der Waals surface area contributed by atoms with Gasteiger partial charge in [0.05, 0.1) is 6.26 Å². The molecule has 0 aliphatic carbocycles. The van der Waals surface area contributed by atoms with E-state index < -0.39 is 0 Å². The van der Waals surface area contributed by atoms with E-state index in [-0.39, 0.29) is 5.97 Å². The summed E-state index contributed by atoms with van der Waals surface area (Å²) >= 11 is 0. The number of carbonyl (C=O) groups is 1. The van der Waals surface area contributed by atoms with Crippen LogP contribution >= 0.6 is 0 Å². The number of esters is 1.